The van der Waals surface area contributed by atoms with Gasteiger partial charge in [-0.1, -0.05) is 5.21 Å². The molecule has 2 bridgehead atoms. The average Bonchev–Trinajstić information content (AvgIpc) is 3.24. The number of nitrogens with one attached hydrogen (secondary N) is 2. The fourth-order valence-electron chi connectivity index (χ4n) is 4.08. The molecule has 1 aromatic rings. The molecule has 5 rings (SSSR count). The van der Waals surface area contributed by atoms with Gasteiger partial charge in [0.05, 0.1) is 38.4 Å². The van der Waals surface area contributed by atoms with Gasteiger partial charge in [0.2, 0.25) is 5.91 Å². The van der Waals surface area contributed by atoms with E-state index < -0.39 is 0 Å². The first-order valence-corrected chi connectivity index (χ1v) is 8.37. The van der Waals surface area contributed by atoms with Gasteiger partial charge < -0.3 is 15.3 Å². The highest BCUT2D eigenvalue weighted by Gasteiger charge is 2.47. The molecule has 3 saturated heterocycles. The summed E-state index contributed by atoms with van der Waals surface area (Å²) in [5.74, 6) is 0.998. The zero-order chi connectivity index (χ0) is 15.1. The summed E-state index contributed by atoms with van der Waals surface area (Å²) in [7, 11) is 0. The predicted molar refractivity (Wildman–Crippen MR) is 77.8 cm³/mol. The summed E-state index contributed by atoms with van der Waals surface area (Å²) >= 11 is 0. The normalized spacial score (nSPS) is 33.9. The number of carbonyl (C=O) groups excluding carboxylic acids is 1. The van der Waals surface area contributed by atoms with Crippen molar-refractivity contribution in [1.82, 2.24) is 20.3 Å². The van der Waals surface area contributed by atoms with Crippen LogP contribution in [0, 0.1) is 11.8 Å². The zero-order valence-electron chi connectivity index (χ0n) is 12.7. The quantitative estimate of drug-likeness (QED) is 0.608. The van der Waals surface area contributed by atoms with E-state index >= 15 is 0 Å². The molecule has 1 aromatic heterocycles. The first-order chi connectivity index (χ1) is 10.7. The molecule has 0 aromatic carbocycles. The van der Waals surface area contributed by atoms with E-state index in [9.17, 15) is 4.79 Å². The number of aliphatic hydroxyl groups excluding tert-OH is 1. The second-order valence-electron chi connectivity index (χ2n) is 7.07. The Labute approximate surface area is 129 Å². The summed E-state index contributed by atoms with van der Waals surface area (Å²) in [6, 6.07) is 0.970. The third kappa shape index (κ3) is 2.75. The molecule has 1 aliphatic carbocycles. The Bertz CT molecular complexity index is 556. The van der Waals surface area contributed by atoms with Crippen LogP contribution in [0.1, 0.15) is 31.4 Å². The number of carbonyl (C=O) groups is 1. The van der Waals surface area contributed by atoms with Crippen molar-refractivity contribution in [2.75, 3.05) is 13.1 Å². The summed E-state index contributed by atoms with van der Waals surface area (Å²) in [6.07, 6.45) is 6.38. The number of aliphatic hydroxyl groups is 1. The van der Waals surface area contributed by atoms with E-state index in [-0.39, 0.29) is 18.4 Å². The molecule has 0 radical (unpaired) electrons. The Balaban J connectivity index is 1.38. The Morgan fingerprint density at radius 2 is 2.32 bits per heavy atom. The van der Waals surface area contributed by atoms with Crippen molar-refractivity contribution < 1.29 is 14.8 Å². The highest BCUT2D eigenvalue weighted by Crippen LogP contribution is 2.29. The van der Waals surface area contributed by atoms with Crippen molar-refractivity contribution >= 4 is 5.91 Å². The maximum absolute atomic E-state index is 12.4. The first kappa shape index (κ1) is 14.1. The molecule has 7 nitrogen and oxygen atoms in total. The zero-order valence-corrected chi connectivity index (χ0v) is 12.7. The maximum atomic E-state index is 12.4. The van der Waals surface area contributed by atoms with Crippen LogP contribution >= 0.6 is 0 Å². The van der Waals surface area contributed by atoms with Crippen molar-refractivity contribution in [3.8, 4) is 0 Å². The number of fused-ring (bicyclic) bond motifs is 3. The molecule has 4 aliphatic rings. The van der Waals surface area contributed by atoms with Crippen LogP contribution in [0.2, 0.25) is 0 Å². The first-order valence-electron chi connectivity index (χ1n) is 8.37. The highest BCUT2D eigenvalue weighted by molar-refractivity contribution is 5.79. The Morgan fingerprint density at radius 3 is 2.95 bits per heavy atom. The molecule has 0 spiro atoms. The van der Waals surface area contributed by atoms with E-state index in [1.807, 2.05) is 10.9 Å². The lowest BCUT2D eigenvalue weighted by Crippen LogP contribution is -3.20. The molecule has 1 amide bonds. The summed E-state index contributed by atoms with van der Waals surface area (Å²) in [5.41, 5.74) is 0.618. The molecule has 4 atom stereocenters. The van der Waals surface area contributed by atoms with Crippen LogP contribution in [0.5, 0.6) is 0 Å². The van der Waals surface area contributed by atoms with Gasteiger partial charge in [0, 0.05) is 18.9 Å². The average molecular weight is 306 g/mol. The molecule has 4 fully saturated rings. The van der Waals surface area contributed by atoms with Crippen LogP contribution in [0.15, 0.2) is 6.20 Å². The molecule has 3 aliphatic heterocycles. The number of hydrogen-bond donors (Lipinski definition) is 3. The third-order valence-electron chi connectivity index (χ3n) is 5.47. The number of rotatable bonds is 5. The van der Waals surface area contributed by atoms with Gasteiger partial charge in [-0.2, -0.15) is 0 Å². The van der Waals surface area contributed by atoms with Crippen molar-refractivity contribution in [1.29, 1.82) is 0 Å². The van der Waals surface area contributed by atoms with Gasteiger partial charge in [0.1, 0.15) is 11.7 Å². The lowest BCUT2D eigenvalue weighted by Gasteiger charge is -2.46. The number of hydrogen-bond acceptors (Lipinski definition) is 4. The summed E-state index contributed by atoms with van der Waals surface area (Å²) in [6.45, 7) is 2.88. The Hall–Kier alpha value is -1.47. The number of quaternary nitrogens is 1. The third-order valence-corrected chi connectivity index (χ3v) is 5.47. The van der Waals surface area contributed by atoms with Gasteiger partial charge in [0.15, 0.2) is 0 Å². The van der Waals surface area contributed by atoms with Crippen LogP contribution in [-0.2, 0) is 17.9 Å². The van der Waals surface area contributed by atoms with Crippen LogP contribution in [-0.4, -0.2) is 51.2 Å². The standard InChI is InChI=1S/C15H23N5O2/c21-9-12-6-20(18-17-12)7-13-5-10-3-4-19(13)8-14(10)15(22)16-11-1-2-11/h6,10-11,13-14,21H,1-5,7-9H2,(H,16,22)/p+1/t10-,13-,14+/m1/s1. The second-order valence-corrected chi connectivity index (χ2v) is 7.07. The monoisotopic (exact) mass is 306 g/mol. The van der Waals surface area contributed by atoms with Gasteiger partial charge >= 0.3 is 0 Å². The minimum atomic E-state index is -0.0622. The number of nitrogens with zero attached hydrogens (tertiary/aromatic N) is 3. The Morgan fingerprint density at radius 1 is 1.45 bits per heavy atom. The van der Waals surface area contributed by atoms with Crippen molar-refractivity contribution in [3.05, 3.63) is 11.9 Å². The lowest BCUT2D eigenvalue weighted by atomic mass is 9.75. The lowest BCUT2D eigenvalue weighted by molar-refractivity contribution is -0.945. The molecule has 1 unspecified atom stereocenters. The van der Waals surface area contributed by atoms with Gasteiger partial charge in [-0.15, -0.1) is 5.10 Å². The molecule has 22 heavy (non-hydrogen) atoms. The summed E-state index contributed by atoms with van der Waals surface area (Å²) in [4.78, 5) is 13.9. The van der Waals surface area contributed by atoms with Gasteiger partial charge in [0.25, 0.3) is 0 Å². The smallest absolute Gasteiger partial charge is 0.229 e. The molecule has 4 heterocycles. The molecule has 3 N–H and O–H groups in total. The maximum Gasteiger partial charge on any atom is 0.229 e. The molecule has 120 valence electrons. The van der Waals surface area contributed by atoms with Crippen LogP contribution in [0.3, 0.4) is 0 Å². The molecule has 1 saturated carbocycles. The van der Waals surface area contributed by atoms with Crippen molar-refractivity contribution in [3.63, 3.8) is 0 Å². The fraction of sp³-hybridized carbons (Fsp3) is 0.800. The van der Waals surface area contributed by atoms with E-state index in [1.165, 1.54) is 4.90 Å². The SMILES string of the molecule is O=C(NC1CC1)[C@H]1C[NH+]2CC[C@@H]1C[C@@H]2Cn1cc(CO)nn1. The fourth-order valence-corrected chi connectivity index (χ4v) is 4.08. The van der Waals surface area contributed by atoms with Crippen LogP contribution in [0.4, 0.5) is 0 Å². The van der Waals surface area contributed by atoms with Crippen LogP contribution in [0.25, 0.3) is 0 Å². The van der Waals surface area contributed by atoms with Gasteiger partial charge in [-0.3, -0.25) is 4.79 Å². The minimum absolute atomic E-state index is 0.0622. The number of amides is 1. The molecular weight excluding hydrogens is 282 g/mol. The van der Waals surface area contributed by atoms with E-state index in [1.54, 1.807) is 0 Å². The van der Waals surface area contributed by atoms with E-state index in [4.69, 9.17) is 5.11 Å². The number of aromatic nitrogens is 3. The van der Waals surface area contributed by atoms with E-state index in [2.05, 4.69) is 15.6 Å². The highest BCUT2D eigenvalue weighted by atomic mass is 16.3. The van der Waals surface area contributed by atoms with Crippen molar-refractivity contribution in [2.45, 2.75) is 50.9 Å². The molecule has 7 heteroatoms. The minimum Gasteiger partial charge on any atom is -0.390 e. The molecular formula is C15H24N5O2+. The largest absolute Gasteiger partial charge is 0.390 e. The van der Waals surface area contributed by atoms with Crippen LogP contribution < -0.4 is 10.2 Å². The summed E-state index contributed by atoms with van der Waals surface area (Å²) < 4.78 is 1.84. The van der Waals surface area contributed by atoms with Crippen molar-refractivity contribution in [2.24, 2.45) is 11.8 Å². The predicted octanol–water partition coefficient (Wildman–Crippen LogP) is -1.66. The Kier molecular flexibility index (Phi) is 3.62. The summed E-state index contributed by atoms with van der Waals surface area (Å²) in [5, 5.41) is 20.3. The second kappa shape index (κ2) is 5.62. The van der Waals surface area contributed by atoms with E-state index in [0.717, 1.165) is 45.3 Å². The van der Waals surface area contributed by atoms with Gasteiger partial charge in [-0.05, 0) is 18.8 Å². The topological polar surface area (TPSA) is 84.5 Å². The van der Waals surface area contributed by atoms with E-state index in [0.29, 0.717) is 23.7 Å². The number of piperidine rings is 3. The van der Waals surface area contributed by atoms with Gasteiger partial charge in [-0.25, -0.2) is 4.68 Å².